The van der Waals surface area contributed by atoms with Gasteiger partial charge in [-0.3, -0.25) is 0 Å². The molecule has 0 amide bonds. The molecule has 17 aromatic carbocycles. The standard InChI is InChI=1S/C102H70/c1-13-37-67(38-14-1)91-79-61-81-82(62-80(79)92(68-39-15-2-16-40-68)84-64-88-87(63-83(84)91)95(71-45-21-5-22-46-71)99(75-53-29-9-30-54-75)100(76-55-31-10-32-56-76)96(88)72-47-23-6-24-48-72)94(70-43-19-4-20-44-70)86-66-90-89(65-85(86)93(81)69-41-17-3-18-42-69)97(73-49-25-7-26-50-73)101(77-57-33-11-34-58-77)102(78-59-35-12-36-60-78)98(90)74-51-27-8-28-52-74/h1-62H,63-66H2. The minimum atomic E-state index is 0.712. The van der Waals surface area contributed by atoms with Gasteiger partial charge in [0.2, 0.25) is 0 Å². The first-order valence-corrected chi connectivity index (χ1v) is 35.9. The van der Waals surface area contributed by atoms with Crippen LogP contribution in [0.2, 0.25) is 0 Å². The van der Waals surface area contributed by atoms with Gasteiger partial charge in [0.1, 0.15) is 0 Å². The van der Waals surface area contributed by atoms with Crippen LogP contribution in [0.3, 0.4) is 0 Å². The molecule has 102 heavy (non-hydrogen) atoms. The fraction of sp³-hybridized carbons (Fsp3) is 0.0392. The summed E-state index contributed by atoms with van der Waals surface area (Å²) in [6.45, 7) is 0. The van der Waals surface area contributed by atoms with Crippen LogP contribution >= 0.6 is 0 Å². The number of hydrogen-bond acceptors (Lipinski definition) is 0. The van der Waals surface area contributed by atoms with E-state index in [1.807, 2.05) is 0 Å². The van der Waals surface area contributed by atoms with Gasteiger partial charge in [0.15, 0.2) is 0 Å². The van der Waals surface area contributed by atoms with Crippen LogP contribution < -0.4 is 0 Å². The van der Waals surface area contributed by atoms with E-state index in [0.717, 1.165) is 0 Å². The van der Waals surface area contributed by atoms with Gasteiger partial charge in [0.05, 0.1) is 0 Å². The van der Waals surface area contributed by atoms with Crippen molar-refractivity contribution >= 4 is 21.5 Å². The first-order chi connectivity index (χ1) is 50.7. The van der Waals surface area contributed by atoms with E-state index in [0.29, 0.717) is 25.7 Å². The Bertz CT molecular complexity index is 5240. The summed E-state index contributed by atoms with van der Waals surface area (Å²) in [5.74, 6) is 0. The molecule has 478 valence electrons. The van der Waals surface area contributed by atoms with E-state index in [2.05, 4.69) is 376 Å². The summed E-state index contributed by atoms with van der Waals surface area (Å²) in [5.41, 5.74) is 41.0. The fourth-order valence-corrected chi connectivity index (χ4v) is 17.7. The van der Waals surface area contributed by atoms with E-state index in [-0.39, 0.29) is 0 Å². The van der Waals surface area contributed by atoms with Crippen molar-refractivity contribution in [1.29, 1.82) is 0 Å². The van der Waals surface area contributed by atoms with E-state index in [1.165, 1.54) is 200 Å². The molecule has 0 aliphatic heterocycles. The first-order valence-electron chi connectivity index (χ1n) is 35.9. The van der Waals surface area contributed by atoms with Gasteiger partial charge in [-0.05, 0) is 237 Å². The lowest BCUT2D eigenvalue weighted by Gasteiger charge is -2.35. The summed E-state index contributed by atoms with van der Waals surface area (Å²) < 4.78 is 0. The number of rotatable bonds is 12. The smallest absolute Gasteiger partial charge is 0.000684 e. The summed E-state index contributed by atoms with van der Waals surface area (Å²) in [4.78, 5) is 0. The molecule has 0 atom stereocenters. The maximum absolute atomic E-state index is 2.67. The van der Waals surface area contributed by atoms with Crippen molar-refractivity contribution in [2.24, 2.45) is 0 Å². The average molecular weight is 1300 g/mol. The predicted octanol–water partition coefficient (Wildman–Crippen LogP) is 27.0. The van der Waals surface area contributed by atoms with E-state index in [4.69, 9.17) is 0 Å². The molecule has 0 saturated carbocycles. The topological polar surface area (TPSA) is 0 Å². The van der Waals surface area contributed by atoms with Gasteiger partial charge in [-0.15, -0.1) is 0 Å². The summed E-state index contributed by atoms with van der Waals surface area (Å²) in [6.07, 6.45) is 2.85. The third kappa shape index (κ3) is 10.3. The zero-order valence-corrected chi connectivity index (χ0v) is 56.6. The molecule has 0 saturated heterocycles. The van der Waals surface area contributed by atoms with Crippen molar-refractivity contribution in [2.75, 3.05) is 0 Å². The van der Waals surface area contributed by atoms with Crippen LogP contribution in [0, 0.1) is 0 Å². The quantitative estimate of drug-likeness (QED) is 0.107. The van der Waals surface area contributed by atoms with E-state index < -0.39 is 0 Å². The van der Waals surface area contributed by atoms with Crippen LogP contribution in [0.15, 0.2) is 376 Å². The second kappa shape index (κ2) is 25.8. The molecule has 0 unspecified atom stereocenters. The Morgan fingerprint density at radius 3 is 0.353 bits per heavy atom. The van der Waals surface area contributed by atoms with Crippen molar-refractivity contribution in [1.82, 2.24) is 0 Å². The average Bonchev–Trinajstić information content (AvgIpc) is 0.699. The molecule has 0 bridgehead atoms. The summed E-state index contributed by atoms with van der Waals surface area (Å²) >= 11 is 0. The lowest BCUT2D eigenvalue weighted by atomic mass is 9.68. The van der Waals surface area contributed by atoms with Crippen molar-refractivity contribution < 1.29 is 0 Å². The zero-order chi connectivity index (χ0) is 67.5. The molecule has 0 radical (unpaired) electrons. The van der Waals surface area contributed by atoms with Crippen LogP contribution in [0.1, 0.15) is 44.5 Å². The van der Waals surface area contributed by atoms with Gasteiger partial charge in [-0.2, -0.15) is 0 Å². The summed E-state index contributed by atoms with van der Waals surface area (Å²) in [6, 6.07) is 141. The Morgan fingerprint density at radius 2 is 0.216 bits per heavy atom. The third-order valence-electron chi connectivity index (χ3n) is 21.8. The lowest BCUT2D eigenvalue weighted by molar-refractivity contribution is 1.01. The molecule has 0 N–H and O–H groups in total. The number of fused-ring (bicyclic) bond motifs is 6. The highest BCUT2D eigenvalue weighted by Crippen LogP contribution is 2.59. The van der Waals surface area contributed by atoms with E-state index in [9.17, 15) is 0 Å². The van der Waals surface area contributed by atoms with Crippen molar-refractivity contribution in [3.8, 4) is 134 Å². The van der Waals surface area contributed by atoms with Gasteiger partial charge in [0.25, 0.3) is 0 Å². The highest BCUT2D eigenvalue weighted by Gasteiger charge is 2.37. The van der Waals surface area contributed by atoms with Crippen LogP contribution in [0.5, 0.6) is 0 Å². The van der Waals surface area contributed by atoms with Crippen LogP contribution in [0.4, 0.5) is 0 Å². The number of benzene rings is 17. The molecule has 19 rings (SSSR count). The Kier molecular flexibility index (Phi) is 15.3. The molecule has 0 heteroatoms. The Balaban J connectivity index is 0.990. The minimum absolute atomic E-state index is 0.712. The second-order valence-corrected chi connectivity index (χ2v) is 27.4. The maximum atomic E-state index is 2.67. The summed E-state index contributed by atoms with van der Waals surface area (Å²) in [7, 11) is 0. The molecule has 17 aromatic rings. The van der Waals surface area contributed by atoms with Gasteiger partial charge in [-0.25, -0.2) is 0 Å². The molecule has 0 aromatic heterocycles. The first kappa shape index (κ1) is 60.4. The minimum Gasteiger partial charge on any atom is -0.0622 e. The predicted molar refractivity (Wildman–Crippen MR) is 431 cm³/mol. The van der Waals surface area contributed by atoms with Gasteiger partial charge in [-0.1, -0.05) is 364 Å². The number of hydrogen-bond donors (Lipinski definition) is 0. The largest absolute Gasteiger partial charge is 0.0622 e. The van der Waals surface area contributed by atoms with Crippen LogP contribution in [0.25, 0.3) is 155 Å². The van der Waals surface area contributed by atoms with Crippen LogP contribution in [-0.4, -0.2) is 0 Å². The molecular formula is C102H70. The Morgan fingerprint density at radius 1 is 0.108 bits per heavy atom. The van der Waals surface area contributed by atoms with Crippen molar-refractivity contribution in [3.05, 3.63) is 421 Å². The van der Waals surface area contributed by atoms with Crippen molar-refractivity contribution in [3.63, 3.8) is 0 Å². The third-order valence-corrected chi connectivity index (χ3v) is 21.8. The Labute approximate surface area is 597 Å². The highest BCUT2D eigenvalue weighted by molar-refractivity contribution is 6.20. The molecule has 0 heterocycles. The van der Waals surface area contributed by atoms with E-state index >= 15 is 0 Å². The fourth-order valence-electron chi connectivity index (χ4n) is 17.7. The summed E-state index contributed by atoms with van der Waals surface area (Å²) in [5, 5.41) is 5.02. The molecule has 0 spiro atoms. The highest BCUT2D eigenvalue weighted by atomic mass is 14.4. The second-order valence-electron chi connectivity index (χ2n) is 27.4. The van der Waals surface area contributed by atoms with E-state index in [1.54, 1.807) is 0 Å². The van der Waals surface area contributed by atoms with Crippen LogP contribution in [-0.2, 0) is 25.7 Å². The van der Waals surface area contributed by atoms with Gasteiger partial charge in [0, 0.05) is 0 Å². The maximum Gasteiger partial charge on any atom is -0.000684 e. The monoisotopic (exact) mass is 1290 g/mol. The zero-order valence-electron chi connectivity index (χ0n) is 56.6. The molecule has 2 aliphatic carbocycles. The SMILES string of the molecule is c1ccc(-c2c3c(c(-c4ccccc4)c(-c4ccccc4)c2-c2ccccc2)Cc2c(c(-c4ccccc4)c4cc5c(-c6ccccc6)c6c(c(-c7ccccc7)c5cc4c2-c2ccccc2)Cc2c(c(-c4ccccc4)c(-c4ccccc4)c(-c4ccccc4)c2-c2ccccc2)C6)C3)cc1. The van der Waals surface area contributed by atoms with Gasteiger partial charge >= 0.3 is 0 Å². The van der Waals surface area contributed by atoms with Crippen molar-refractivity contribution in [2.45, 2.75) is 25.7 Å². The lowest BCUT2D eigenvalue weighted by Crippen LogP contribution is -2.16. The molecule has 0 fully saturated rings. The molecular weight excluding hydrogens is 1230 g/mol. The molecule has 2 aliphatic rings. The molecule has 0 nitrogen and oxygen atoms in total. The normalized spacial score (nSPS) is 12.2. The van der Waals surface area contributed by atoms with Gasteiger partial charge < -0.3 is 0 Å². The Hall–Kier alpha value is -12.7.